The van der Waals surface area contributed by atoms with Crippen LogP contribution >= 0.6 is 0 Å². The second-order valence-corrected chi connectivity index (χ2v) is 4.17. The standard InChI is InChI=1S/C9H21N3/c1-11(2)4-5-12(3)9-6-8(10)7-9/h8-9H,4-7,10H2,1-3H3. The van der Waals surface area contributed by atoms with E-state index in [2.05, 4.69) is 30.9 Å². The van der Waals surface area contributed by atoms with E-state index in [9.17, 15) is 0 Å². The van der Waals surface area contributed by atoms with Crippen LogP contribution in [0, 0.1) is 0 Å². The SMILES string of the molecule is CN(C)CCN(C)C1CC(N)C1. The van der Waals surface area contributed by atoms with Crippen LogP contribution in [0.25, 0.3) is 0 Å². The van der Waals surface area contributed by atoms with Gasteiger partial charge in [-0.25, -0.2) is 0 Å². The number of hydrogen-bond donors (Lipinski definition) is 1. The summed E-state index contributed by atoms with van der Waals surface area (Å²) in [5, 5.41) is 0. The molecule has 1 aliphatic carbocycles. The summed E-state index contributed by atoms with van der Waals surface area (Å²) in [6.07, 6.45) is 2.37. The fourth-order valence-corrected chi connectivity index (χ4v) is 1.53. The minimum absolute atomic E-state index is 0.469. The number of likely N-dealkylation sites (N-methyl/N-ethyl adjacent to an activating group) is 2. The fraction of sp³-hybridized carbons (Fsp3) is 1.00. The monoisotopic (exact) mass is 171 g/mol. The number of rotatable bonds is 4. The van der Waals surface area contributed by atoms with Gasteiger partial charge in [0.2, 0.25) is 0 Å². The molecular formula is C9H21N3. The molecule has 72 valence electrons. The predicted molar refractivity (Wildman–Crippen MR) is 52.2 cm³/mol. The van der Waals surface area contributed by atoms with E-state index in [1.54, 1.807) is 0 Å². The molecule has 1 rings (SSSR count). The van der Waals surface area contributed by atoms with Gasteiger partial charge in [-0.3, -0.25) is 0 Å². The first-order valence-electron chi connectivity index (χ1n) is 4.70. The zero-order chi connectivity index (χ0) is 9.14. The molecule has 0 unspecified atom stereocenters. The summed E-state index contributed by atoms with van der Waals surface area (Å²) in [6, 6.07) is 1.22. The Morgan fingerprint density at radius 3 is 2.17 bits per heavy atom. The van der Waals surface area contributed by atoms with Crippen molar-refractivity contribution in [3.8, 4) is 0 Å². The number of nitrogens with zero attached hydrogens (tertiary/aromatic N) is 2. The van der Waals surface area contributed by atoms with Gasteiger partial charge in [-0.2, -0.15) is 0 Å². The molecule has 0 saturated heterocycles. The first kappa shape index (κ1) is 9.96. The van der Waals surface area contributed by atoms with Gasteiger partial charge in [0.15, 0.2) is 0 Å². The molecule has 0 aliphatic heterocycles. The van der Waals surface area contributed by atoms with Gasteiger partial charge in [0.25, 0.3) is 0 Å². The van der Waals surface area contributed by atoms with Crippen molar-refractivity contribution in [2.75, 3.05) is 34.2 Å². The first-order chi connectivity index (χ1) is 5.59. The molecule has 0 aromatic rings. The average Bonchev–Trinajstić information content (AvgIpc) is 1.94. The molecule has 2 N–H and O–H groups in total. The molecule has 0 bridgehead atoms. The summed E-state index contributed by atoms with van der Waals surface area (Å²) in [5.74, 6) is 0. The number of nitrogens with two attached hydrogens (primary N) is 1. The van der Waals surface area contributed by atoms with Gasteiger partial charge in [-0.15, -0.1) is 0 Å². The van der Waals surface area contributed by atoms with Crippen molar-refractivity contribution >= 4 is 0 Å². The predicted octanol–water partition coefficient (Wildman–Crippen LogP) is -0.0305. The first-order valence-corrected chi connectivity index (χ1v) is 4.70. The lowest BCUT2D eigenvalue weighted by Crippen LogP contribution is -2.50. The van der Waals surface area contributed by atoms with Gasteiger partial charge >= 0.3 is 0 Å². The highest BCUT2D eigenvalue weighted by Crippen LogP contribution is 2.22. The van der Waals surface area contributed by atoms with E-state index in [1.165, 1.54) is 12.8 Å². The van der Waals surface area contributed by atoms with Crippen molar-refractivity contribution in [3.05, 3.63) is 0 Å². The van der Waals surface area contributed by atoms with Gasteiger partial charge in [0.05, 0.1) is 0 Å². The largest absolute Gasteiger partial charge is 0.328 e. The Hall–Kier alpha value is -0.120. The van der Waals surface area contributed by atoms with Crippen LogP contribution in [0.3, 0.4) is 0 Å². The topological polar surface area (TPSA) is 32.5 Å². The molecule has 12 heavy (non-hydrogen) atoms. The quantitative estimate of drug-likeness (QED) is 0.645. The van der Waals surface area contributed by atoms with E-state index < -0.39 is 0 Å². The highest BCUT2D eigenvalue weighted by molar-refractivity contribution is 4.88. The molecule has 0 spiro atoms. The number of hydrogen-bond acceptors (Lipinski definition) is 3. The molecule has 1 saturated carbocycles. The molecule has 0 aromatic carbocycles. The van der Waals surface area contributed by atoms with Crippen molar-refractivity contribution in [2.24, 2.45) is 5.73 Å². The Bertz CT molecular complexity index is 130. The lowest BCUT2D eigenvalue weighted by atomic mass is 9.86. The van der Waals surface area contributed by atoms with Gasteiger partial charge in [0, 0.05) is 25.2 Å². The second-order valence-electron chi connectivity index (χ2n) is 4.17. The molecule has 0 atom stereocenters. The molecule has 3 heteroatoms. The third kappa shape index (κ3) is 2.73. The van der Waals surface area contributed by atoms with E-state index in [1.807, 2.05) is 0 Å². The van der Waals surface area contributed by atoms with Gasteiger partial charge in [-0.05, 0) is 34.0 Å². The van der Waals surface area contributed by atoms with Gasteiger partial charge < -0.3 is 15.5 Å². The van der Waals surface area contributed by atoms with Crippen LogP contribution in [-0.2, 0) is 0 Å². The Balaban J connectivity index is 2.08. The lowest BCUT2D eigenvalue weighted by Gasteiger charge is -2.39. The summed E-state index contributed by atoms with van der Waals surface area (Å²) >= 11 is 0. The maximum absolute atomic E-state index is 5.73. The van der Waals surface area contributed by atoms with Crippen LogP contribution in [0.1, 0.15) is 12.8 Å². The van der Waals surface area contributed by atoms with E-state index in [0.717, 1.165) is 19.1 Å². The highest BCUT2D eigenvalue weighted by Gasteiger charge is 2.28. The maximum atomic E-state index is 5.73. The van der Waals surface area contributed by atoms with E-state index >= 15 is 0 Å². The summed E-state index contributed by atoms with van der Waals surface area (Å²) in [7, 11) is 6.42. The normalized spacial score (nSPS) is 29.5. The summed E-state index contributed by atoms with van der Waals surface area (Å²) in [6.45, 7) is 2.30. The van der Waals surface area contributed by atoms with Crippen molar-refractivity contribution in [3.63, 3.8) is 0 Å². The summed E-state index contributed by atoms with van der Waals surface area (Å²) in [4.78, 5) is 4.64. The zero-order valence-electron chi connectivity index (χ0n) is 8.45. The minimum Gasteiger partial charge on any atom is -0.328 e. The van der Waals surface area contributed by atoms with Crippen molar-refractivity contribution in [1.29, 1.82) is 0 Å². The minimum atomic E-state index is 0.469. The van der Waals surface area contributed by atoms with Crippen LogP contribution < -0.4 is 5.73 Å². The summed E-state index contributed by atoms with van der Waals surface area (Å²) in [5.41, 5.74) is 5.73. The maximum Gasteiger partial charge on any atom is 0.0122 e. The summed E-state index contributed by atoms with van der Waals surface area (Å²) < 4.78 is 0. The van der Waals surface area contributed by atoms with Crippen LogP contribution in [0.4, 0.5) is 0 Å². The smallest absolute Gasteiger partial charge is 0.0122 e. The van der Waals surface area contributed by atoms with Crippen molar-refractivity contribution < 1.29 is 0 Å². The highest BCUT2D eigenvalue weighted by atomic mass is 15.2. The molecule has 3 nitrogen and oxygen atoms in total. The third-order valence-electron chi connectivity index (χ3n) is 2.67. The average molecular weight is 171 g/mol. The molecule has 0 radical (unpaired) electrons. The second kappa shape index (κ2) is 4.21. The van der Waals surface area contributed by atoms with Crippen molar-refractivity contribution in [2.45, 2.75) is 24.9 Å². The van der Waals surface area contributed by atoms with Crippen LogP contribution in [0.5, 0.6) is 0 Å². The third-order valence-corrected chi connectivity index (χ3v) is 2.67. The van der Waals surface area contributed by atoms with E-state index in [-0.39, 0.29) is 0 Å². The van der Waals surface area contributed by atoms with Crippen LogP contribution in [0.15, 0.2) is 0 Å². The molecule has 0 heterocycles. The lowest BCUT2D eigenvalue weighted by molar-refractivity contribution is 0.130. The molecular weight excluding hydrogens is 150 g/mol. The molecule has 0 amide bonds. The Kier molecular flexibility index (Phi) is 3.50. The van der Waals surface area contributed by atoms with Crippen LogP contribution in [-0.4, -0.2) is 56.1 Å². The Morgan fingerprint density at radius 1 is 1.17 bits per heavy atom. The molecule has 1 fully saturated rings. The van der Waals surface area contributed by atoms with E-state index in [0.29, 0.717) is 6.04 Å². The zero-order valence-corrected chi connectivity index (χ0v) is 8.45. The van der Waals surface area contributed by atoms with E-state index in [4.69, 9.17) is 5.73 Å². The van der Waals surface area contributed by atoms with Crippen LogP contribution in [0.2, 0.25) is 0 Å². The Labute approximate surface area is 75.5 Å². The van der Waals surface area contributed by atoms with Crippen molar-refractivity contribution in [1.82, 2.24) is 9.80 Å². The van der Waals surface area contributed by atoms with Gasteiger partial charge in [0.1, 0.15) is 0 Å². The fourth-order valence-electron chi connectivity index (χ4n) is 1.53. The Morgan fingerprint density at radius 2 is 1.75 bits per heavy atom. The molecule has 0 aromatic heterocycles. The molecule has 1 aliphatic rings. The van der Waals surface area contributed by atoms with Gasteiger partial charge in [-0.1, -0.05) is 0 Å².